The molecule has 2 nitrogen and oxygen atoms in total. The van der Waals surface area contributed by atoms with Crippen molar-refractivity contribution in [3.63, 3.8) is 0 Å². The van der Waals surface area contributed by atoms with Crippen molar-refractivity contribution < 1.29 is 9.90 Å². The van der Waals surface area contributed by atoms with Gasteiger partial charge in [0.1, 0.15) is 0 Å². The van der Waals surface area contributed by atoms with Crippen LogP contribution in [-0.2, 0) is 6.42 Å². The van der Waals surface area contributed by atoms with Crippen molar-refractivity contribution in [2.75, 3.05) is 6.61 Å². The molecular weight excluding hydrogens is 212 g/mol. The van der Waals surface area contributed by atoms with Crippen LogP contribution in [0.15, 0.2) is 24.3 Å². The van der Waals surface area contributed by atoms with Crippen LogP contribution in [0.4, 0.5) is 0 Å². The van der Waals surface area contributed by atoms with Crippen LogP contribution in [0.25, 0.3) is 0 Å². The molecule has 0 amide bonds. The monoisotopic (exact) mass is 232 g/mol. The zero-order valence-corrected chi connectivity index (χ0v) is 10.2. The molecule has 2 rings (SSSR count). The maximum Gasteiger partial charge on any atom is 0.166 e. The summed E-state index contributed by atoms with van der Waals surface area (Å²) in [6.07, 6.45) is 6.11. The average molecular weight is 232 g/mol. The van der Waals surface area contributed by atoms with Crippen molar-refractivity contribution in [2.45, 2.75) is 38.5 Å². The van der Waals surface area contributed by atoms with Gasteiger partial charge in [0.25, 0.3) is 0 Å². The minimum atomic E-state index is 0.210. The Morgan fingerprint density at radius 2 is 1.88 bits per heavy atom. The molecule has 1 atom stereocenters. The highest BCUT2D eigenvalue weighted by atomic mass is 16.2. The summed E-state index contributed by atoms with van der Waals surface area (Å²) in [5, 5.41) is 8.68. The molecule has 1 N–H and O–H groups in total. The first-order valence-corrected chi connectivity index (χ1v) is 6.56. The molecule has 1 aliphatic rings. The number of hydrogen-bond acceptors (Lipinski definition) is 2. The van der Waals surface area contributed by atoms with Gasteiger partial charge >= 0.3 is 0 Å². The topological polar surface area (TPSA) is 37.3 Å². The lowest BCUT2D eigenvalue weighted by atomic mass is 9.97. The number of carbonyl (C=O) groups is 1. The molecule has 1 aliphatic carbocycles. The molecule has 0 saturated carbocycles. The molecular formula is C15H20O2. The van der Waals surface area contributed by atoms with Crippen LogP contribution in [-0.4, -0.2) is 17.5 Å². The Bertz CT molecular complexity index is 384. The van der Waals surface area contributed by atoms with Crippen molar-refractivity contribution in [2.24, 2.45) is 5.92 Å². The number of Topliss-reactive ketones (excluding diaryl/α,β-unsaturated/α-hetero) is 1. The van der Waals surface area contributed by atoms with Gasteiger partial charge < -0.3 is 5.11 Å². The number of carbonyl (C=O) groups excluding carboxylic acids is 1. The van der Waals surface area contributed by atoms with Gasteiger partial charge in [-0.3, -0.25) is 4.79 Å². The summed E-state index contributed by atoms with van der Waals surface area (Å²) in [6.45, 7) is 0.286. The fraction of sp³-hybridized carbons (Fsp3) is 0.533. The van der Waals surface area contributed by atoms with Crippen LogP contribution >= 0.6 is 0 Å². The van der Waals surface area contributed by atoms with E-state index in [4.69, 9.17) is 5.11 Å². The molecule has 1 aromatic rings. The van der Waals surface area contributed by atoms with Gasteiger partial charge in [0.15, 0.2) is 5.78 Å². The minimum Gasteiger partial charge on any atom is -0.396 e. The minimum absolute atomic E-state index is 0.210. The van der Waals surface area contributed by atoms with Crippen molar-refractivity contribution in [1.82, 2.24) is 0 Å². The molecule has 0 spiro atoms. The van der Waals surface area contributed by atoms with E-state index in [1.165, 1.54) is 5.56 Å². The van der Waals surface area contributed by atoms with Gasteiger partial charge in [0.05, 0.1) is 0 Å². The van der Waals surface area contributed by atoms with E-state index in [0.717, 1.165) is 44.1 Å². The molecule has 0 bridgehead atoms. The number of benzene rings is 1. The van der Waals surface area contributed by atoms with E-state index >= 15 is 0 Å². The SMILES string of the molecule is O=C1c2ccccc2CC1CCCCCCO. The molecule has 1 aromatic carbocycles. The lowest BCUT2D eigenvalue weighted by Crippen LogP contribution is -2.08. The summed E-state index contributed by atoms with van der Waals surface area (Å²) in [6, 6.07) is 7.97. The van der Waals surface area contributed by atoms with Crippen molar-refractivity contribution in [1.29, 1.82) is 0 Å². The standard InChI is InChI=1S/C15H20O2/c16-10-6-2-1-3-8-13-11-12-7-4-5-9-14(12)15(13)17/h4-5,7,9,13,16H,1-3,6,8,10-11H2. The summed E-state index contributed by atoms with van der Waals surface area (Å²) in [5.74, 6) is 0.546. The summed E-state index contributed by atoms with van der Waals surface area (Å²) < 4.78 is 0. The summed E-state index contributed by atoms with van der Waals surface area (Å²) >= 11 is 0. The third-order valence-electron chi connectivity index (χ3n) is 3.58. The highest BCUT2D eigenvalue weighted by Crippen LogP contribution is 2.29. The fourth-order valence-corrected chi connectivity index (χ4v) is 2.61. The summed E-state index contributed by atoms with van der Waals surface area (Å²) in [7, 11) is 0. The molecule has 92 valence electrons. The van der Waals surface area contributed by atoms with E-state index in [9.17, 15) is 4.79 Å². The molecule has 0 aromatic heterocycles. The van der Waals surface area contributed by atoms with Crippen molar-refractivity contribution in [3.05, 3.63) is 35.4 Å². The number of fused-ring (bicyclic) bond motifs is 1. The highest BCUT2D eigenvalue weighted by Gasteiger charge is 2.29. The normalized spacial score (nSPS) is 18.4. The van der Waals surface area contributed by atoms with Crippen LogP contribution in [0.5, 0.6) is 0 Å². The first-order chi connectivity index (χ1) is 8.33. The molecule has 0 saturated heterocycles. The Kier molecular flexibility index (Phi) is 4.32. The van der Waals surface area contributed by atoms with Gasteiger partial charge in [-0.1, -0.05) is 43.5 Å². The second-order valence-corrected chi connectivity index (χ2v) is 4.85. The zero-order valence-electron chi connectivity index (χ0n) is 10.2. The molecule has 2 heteroatoms. The van der Waals surface area contributed by atoms with Crippen LogP contribution in [0.1, 0.15) is 48.0 Å². The molecule has 0 aliphatic heterocycles. The Morgan fingerprint density at radius 1 is 1.12 bits per heavy atom. The number of hydrogen-bond donors (Lipinski definition) is 1. The predicted octanol–water partition coefficient (Wildman–Crippen LogP) is 2.98. The quantitative estimate of drug-likeness (QED) is 0.766. The molecule has 1 unspecified atom stereocenters. The van der Waals surface area contributed by atoms with E-state index < -0.39 is 0 Å². The van der Waals surface area contributed by atoms with E-state index in [1.54, 1.807) is 0 Å². The van der Waals surface area contributed by atoms with E-state index in [-0.39, 0.29) is 12.5 Å². The largest absolute Gasteiger partial charge is 0.396 e. The zero-order chi connectivity index (χ0) is 12.1. The van der Waals surface area contributed by atoms with Crippen LogP contribution in [0.2, 0.25) is 0 Å². The Hall–Kier alpha value is -1.15. The van der Waals surface area contributed by atoms with Gasteiger partial charge in [-0.2, -0.15) is 0 Å². The van der Waals surface area contributed by atoms with Crippen molar-refractivity contribution in [3.8, 4) is 0 Å². The van der Waals surface area contributed by atoms with E-state index in [1.807, 2.05) is 18.2 Å². The van der Waals surface area contributed by atoms with Gasteiger partial charge in [-0.15, -0.1) is 0 Å². The smallest absolute Gasteiger partial charge is 0.166 e. The first kappa shape index (κ1) is 12.3. The summed E-state index contributed by atoms with van der Waals surface area (Å²) in [5.41, 5.74) is 2.16. The lowest BCUT2D eigenvalue weighted by molar-refractivity contribution is 0.0929. The second kappa shape index (κ2) is 5.97. The van der Waals surface area contributed by atoms with Gasteiger partial charge in [0.2, 0.25) is 0 Å². The molecule has 0 radical (unpaired) electrons. The van der Waals surface area contributed by atoms with E-state index in [2.05, 4.69) is 6.07 Å². The second-order valence-electron chi connectivity index (χ2n) is 4.85. The highest BCUT2D eigenvalue weighted by molar-refractivity contribution is 6.02. The third kappa shape index (κ3) is 2.95. The van der Waals surface area contributed by atoms with E-state index in [0.29, 0.717) is 5.78 Å². The number of unbranched alkanes of at least 4 members (excludes halogenated alkanes) is 3. The number of aliphatic hydroxyl groups excluding tert-OH is 1. The van der Waals surface area contributed by atoms with Crippen molar-refractivity contribution >= 4 is 5.78 Å². The maximum absolute atomic E-state index is 12.1. The van der Waals surface area contributed by atoms with Crippen LogP contribution in [0, 0.1) is 5.92 Å². The molecule has 0 heterocycles. The Morgan fingerprint density at radius 3 is 2.65 bits per heavy atom. The average Bonchev–Trinajstić information content (AvgIpc) is 2.67. The Labute approximate surface area is 103 Å². The first-order valence-electron chi connectivity index (χ1n) is 6.56. The fourth-order valence-electron chi connectivity index (χ4n) is 2.61. The number of rotatable bonds is 6. The number of ketones is 1. The predicted molar refractivity (Wildman–Crippen MR) is 68.1 cm³/mol. The lowest BCUT2D eigenvalue weighted by Gasteiger charge is -2.06. The summed E-state index contributed by atoms with van der Waals surface area (Å²) in [4.78, 5) is 12.1. The Balaban J connectivity index is 1.80. The van der Waals surface area contributed by atoms with Gasteiger partial charge in [0, 0.05) is 18.1 Å². The molecule has 17 heavy (non-hydrogen) atoms. The maximum atomic E-state index is 12.1. The molecule has 0 fully saturated rings. The third-order valence-corrected chi connectivity index (χ3v) is 3.58. The van der Waals surface area contributed by atoms with Crippen LogP contribution in [0.3, 0.4) is 0 Å². The number of aliphatic hydroxyl groups is 1. The van der Waals surface area contributed by atoms with Crippen LogP contribution < -0.4 is 0 Å². The van der Waals surface area contributed by atoms with Gasteiger partial charge in [-0.05, 0) is 24.8 Å². The van der Waals surface area contributed by atoms with Gasteiger partial charge in [-0.25, -0.2) is 0 Å².